The molecule has 0 saturated heterocycles. The third-order valence-electron chi connectivity index (χ3n) is 4.05. The van der Waals surface area contributed by atoms with Crippen molar-refractivity contribution in [3.8, 4) is 11.5 Å². The van der Waals surface area contributed by atoms with Gasteiger partial charge in [-0.05, 0) is 50.3 Å². The van der Waals surface area contributed by atoms with Crippen LogP contribution in [0.5, 0.6) is 11.5 Å². The van der Waals surface area contributed by atoms with Crippen LogP contribution in [0.4, 0.5) is 0 Å². The fourth-order valence-corrected chi connectivity index (χ4v) is 2.21. The van der Waals surface area contributed by atoms with Gasteiger partial charge in [0.15, 0.2) is 17.5 Å². The van der Waals surface area contributed by atoms with Gasteiger partial charge in [-0.1, -0.05) is 19.9 Å². The summed E-state index contributed by atoms with van der Waals surface area (Å²) < 4.78 is 10.6. The fraction of sp³-hybridized carbons (Fsp3) is 0.632. The van der Waals surface area contributed by atoms with E-state index in [1.165, 1.54) is 5.56 Å². The maximum absolute atomic E-state index is 5.35. The number of guanidine groups is 1. The molecule has 1 rings (SSSR count). The number of aryl methyl sites for hydroxylation is 1. The molecule has 136 valence electrons. The van der Waals surface area contributed by atoms with Crippen molar-refractivity contribution >= 4 is 5.96 Å². The molecule has 2 N–H and O–H groups in total. The molecule has 0 bridgehead atoms. The average molecular weight is 335 g/mol. The highest BCUT2D eigenvalue weighted by Crippen LogP contribution is 2.27. The smallest absolute Gasteiger partial charge is 0.191 e. The lowest BCUT2D eigenvalue weighted by Crippen LogP contribution is -2.44. The Morgan fingerprint density at radius 3 is 2.42 bits per heavy atom. The number of hydrogen-bond acceptors (Lipinski definition) is 3. The van der Waals surface area contributed by atoms with Crippen LogP contribution in [0.2, 0.25) is 0 Å². The second kappa shape index (κ2) is 10.8. The van der Waals surface area contributed by atoms with E-state index >= 15 is 0 Å². The predicted molar refractivity (Wildman–Crippen MR) is 101 cm³/mol. The minimum atomic E-state index is 0.397. The number of nitrogens with one attached hydrogen (secondary N) is 2. The van der Waals surface area contributed by atoms with Crippen LogP contribution in [0.25, 0.3) is 0 Å². The molecule has 1 aromatic carbocycles. The second-order valence-electron chi connectivity index (χ2n) is 6.23. The number of benzene rings is 1. The van der Waals surface area contributed by atoms with Crippen LogP contribution in [0.1, 0.15) is 39.7 Å². The molecule has 0 saturated carbocycles. The highest BCUT2D eigenvalue weighted by atomic mass is 16.5. The lowest BCUT2D eigenvalue weighted by molar-refractivity contribution is 0.354. The molecule has 0 aliphatic carbocycles. The quantitative estimate of drug-likeness (QED) is 0.413. The summed E-state index contributed by atoms with van der Waals surface area (Å²) >= 11 is 0. The van der Waals surface area contributed by atoms with E-state index in [1.807, 2.05) is 12.1 Å². The maximum atomic E-state index is 5.35. The number of methoxy groups -OCH3 is 2. The van der Waals surface area contributed by atoms with Gasteiger partial charge in [-0.15, -0.1) is 0 Å². The molecule has 0 aliphatic rings. The molecule has 1 aromatic rings. The number of aliphatic imine (C=N–C) groups is 1. The molecule has 0 aromatic heterocycles. The molecule has 0 aliphatic heterocycles. The molecule has 1 unspecified atom stereocenters. The summed E-state index contributed by atoms with van der Waals surface area (Å²) in [5.74, 6) is 3.01. The van der Waals surface area contributed by atoms with Crippen molar-refractivity contribution in [3.63, 3.8) is 0 Å². The van der Waals surface area contributed by atoms with Gasteiger partial charge in [0.25, 0.3) is 0 Å². The van der Waals surface area contributed by atoms with E-state index in [0.717, 1.165) is 43.4 Å². The summed E-state index contributed by atoms with van der Waals surface area (Å²) in [6, 6.07) is 6.46. The van der Waals surface area contributed by atoms with Crippen molar-refractivity contribution in [2.45, 2.75) is 46.6 Å². The summed E-state index contributed by atoms with van der Waals surface area (Å²) in [4.78, 5) is 4.67. The lowest BCUT2D eigenvalue weighted by atomic mass is 10.1. The highest BCUT2D eigenvalue weighted by molar-refractivity contribution is 5.80. The van der Waals surface area contributed by atoms with Gasteiger partial charge in [0.05, 0.1) is 14.2 Å². The number of rotatable bonds is 9. The Labute approximate surface area is 146 Å². The summed E-state index contributed by atoms with van der Waals surface area (Å²) in [7, 11) is 3.32. The first-order valence-corrected chi connectivity index (χ1v) is 8.77. The highest BCUT2D eigenvalue weighted by Gasteiger charge is 2.08. The van der Waals surface area contributed by atoms with E-state index < -0.39 is 0 Å². The van der Waals surface area contributed by atoms with Gasteiger partial charge in [-0.3, -0.25) is 4.99 Å². The van der Waals surface area contributed by atoms with Gasteiger partial charge in [0.1, 0.15) is 0 Å². The zero-order valence-electron chi connectivity index (χ0n) is 16.0. The van der Waals surface area contributed by atoms with Gasteiger partial charge in [-0.2, -0.15) is 0 Å². The molecule has 0 spiro atoms. The average Bonchev–Trinajstić information content (AvgIpc) is 2.58. The van der Waals surface area contributed by atoms with Crippen molar-refractivity contribution in [3.05, 3.63) is 23.8 Å². The van der Waals surface area contributed by atoms with E-state index in [1.54, 1.807) is 14.2 Å². The predicted octanol–water partition coefficient (Wildman–Crippen LogP) is 3.24. The van der Waals surface area contributed by atoms with Gasteiger partial charge in [-0.25, -0.2) is 0 Å². The van der Waals surface area contributed by atoms with Crippen LogP contribution in [-0.4, -0.2) is 39.3 Å². The Morgan fingerprint density at radius 1 is 1.12 bits per heavy atom. The van der Waals surface area contributed by atoms with E-state index in [9.17, 15) is 0 Å². The molecule has 1 atom stereocenters. The van der Waals surface area contributed by atoms with Crippen molar-refractivity contribution in [2.24, 2.45) is 10.9 Å². The maximum Gasteiger partial charge on any atom is 0.191 e. The van der Waals surface area contributed by atoms with Crippen LogP contribution >= 0.6 is 0 Å². The summed E-state index contributed by atoms with van der Waals surface area (Å²) in [5.41, 5.74) is 1.23. The Bertz CT molecular complexity index is 515. The second-order valence-corrected chi connectivity index (χ2v) is 6.23. The Balaban J connectivity index is 2.55. The van der Waals surface area contributed by atoms with Gasteiger partial charge >= 0.3 is 0 Å². The van der Waals surface area contributed by atoms with Gasteiger partial charge < -0.3 is 20.1 Å². The van der Waals surface area contributed by atoms with Gasteiger partial charge in [0, 0.05) is 19.1 Å². The van der Waals surface area contributed by atoms with Crippen LogP contribution in [0.15, 0.2) is 23.2 Å². The monoisotopic (exact) mass is 335 g/mol. The van der Waals surface area contributed by atoms with Crippen molar-refractivity contribution in [2.75, 3.05) is 27.3 Å². The molecule has 24 heavy (non-hydrogen) atoms. The molecule has 0 heterocycles. The molecule has 0 radical (unpaired) electrons. The zero-order chi connectivity index (χ0) is 17.9. The number of ether oxygens (including phenoxy) is 2. The first-order valence-electron chi connectivity index (χ1n) is 8.77. The largest absolute Gasteiger partial charge is 0.493 e. The molecule has 5 nitrogen and oxygen atoms in total. The molecule has 5 heteroatoms. The summed E-state index contributed by atoms with van der Waals surface area (Å²) in [5, 5.41) is 6.75. The zero-order valence-corrected chi connectivity index (χ0v) is 16.0. The molecular weight excluding hydrogens is 302 g/mol. The van der Waals surface area contributed by atoms with E-state index in [0.29, 0.717) is 12.0 Å². The SMILES string of the molecule is CCNC(=NCCCc1ccc(OC)c(OC)c1)NC(C)C(C)C. The van der Waals surface area contributed by atoms with Crippen LogP contribution < -0.4 is 20.1 Å². The van der Waals surface area contributed by atoms with E-state index in [-0.39, 0.29) is 0 Å². The number of hydrogen-bond donors (Lipinski definition) is 2. The van der Waals surface area contributed by atoms with Crippen LogP contribution in [-0.2, 0) is 6.42 Å². The Kier molecular flexibility index (Phi) is 9.05. The fourth-order valence-electron chi connectivity index (χ4n) is 2.21. The summed E-state index contributed by atoms with van der Waals surface area (Å²) in [6.07, 6.45) is 1.95. The first kappa shape index (κ1) is 20.1. The Morgan fingerprint density at radius 2 is 1.83 bits per heavy atom. The number of nitrogens with zero attached hydrogens (tertiary/aromatic N) is 1. The first-order chi connectivity index (χ1) is 11.5. The topological polar surface area (TPSA) is 54.9 Å². The van der Waals surface area contributed by atoms with Crippen LogP contribution in [0, 0.1) is 5.92 Å². The molecule has 0 fully saturated rings. The van der Waals surface area contributed by atoms with Crippen molar-refractivity contribution in [1.29, 1.82) is 0 Å². The van der Waals surface area contributed by atoms with Crippen molar-refractivity contribution < 1.29 is 9.47 Å². The van der Waals surface area contributed by atoms with E-state index in [2.05, 4.69) is 49.4 Å². The van der Waals surface area contributed by atoms with Crippen molar-refractivity contribution in [1.82, 2.24) is 10.6 Å². The lowest BCUT2D eigenvalue weighted by Gasteiger charge is -2.20. The minimum Gasteiger partial charge on any atom is -0.493 e. The summed E-state index contributed by atoms with van der Waals surface area (Å²) in [6.45, 7) is 10.3. The standard InChI is InChI=1S/C19H33N3O2/c1-7-20-19(22-15(4)14(2)3)21-12-8-9-16-10-11-17(23-5)18(13-16)24-6/h10-11,13-15H,7-9,12H2,1-6H3,(H2,20,21,22). The third-order valence-corrected chi connectivity index (χ3v) is 4.05. The van der Waals surface area contributed by atoms with Gasteiger partial charge in [0.2, 0.25) is 0 Å². The molecular formula is C19H33N3O2. The van der Waals surface area contributed by atoms with E-state index in [4.69, 9.17) is 9.47 Å². The minimum absolute atomic E-state index is 0.397. The Hall–Kier alpha value is -1.91. The van der Waals surface area contributed by atoms with Crippen LogP contribution in [0.3, 0.4) is 0 Å². The normalized spacial score (nSPS) is 12.9. The third kappa shape index (κ3) is 6.69. The molecule has 0 amide bonds.